The molecule has 2 unspecified atom stereocenters. The van der Waals surface area contributed by atoms with Crippen molar-refractivity contribution in [3.05, 3.63) is 0 Å². The number of ether oxygens (including phenoxy) is 1. The molecule has 2 N–H and O–H groups in total. The Labute approximate surface area is 109 Å². The largest absolute Gasteiger partial charge is 0.480 e. The Hall–Kier alpha value is -0.650. The van der Waals surface area contributed by atoms with Crippen LogP contribution in [-0.4, -0.2) is 60.9 Å². The summed E-state index contributed by atoms with van der Waals surface area (Å²) in [6.07, 6.45) is 2.32. The maximum atomic E-state index is 11.4. The Morgan fingerprint density at radius 1 is 1.56 bits per heavy atom. The van der Waals surface area contributed by atoms with Crippen LogP contribution in [0.5, 0.6) is 0 Å². The van der Waals surface area contributed by atoms with Crippen LogP contribution in [0.2, 0.25) is 0 Å². The van der Waals surface area contributed by atoms with Crippen molar-refractivity contribution in [2.24, 2.45) is 0 Å². The van der Waals surface area contributed by atoms with Crippen molar-refractivity contribution in [2.75, 3.05) is 33.4 Å². The van der Waals surface area contributed by atoms with Gasteiger partial charge in [0, 0.05) is 19.2 Å². The fourth-order valence-corrected chi connectivity index (χ4v) is 2.78. The van der Waals surface area contributed by atoms with Crippen LogP contribution in [0, 0.1) is 0 Å². The van der Waals surface area contributed by atoms with E-state index in [1.165, 1.54) is 0 Å². The first-order valence-electron chi connectivity index (χ1n) is 6.83. The molecule has 0 amide bonds. The van der Waals surface area contributed by atoms with Gasteiger partial charge in [-0.1, -0.05) is 6.92 Å². The van der Waals surface area contributed by atoms with Gasteiger partial charge >= 0.3 is 5.97 Å². The molecule has 18 heavy (non-hydrogen) atoms. The molecule has 106 valence electrons. The first-order chi connectivity index (χ1) is 8.59. The van der Waals surface area contributed by atoms with Gasteiger partial charge in [0.05, 0.1) is 6.61 Å². The number of aliphatic carboxylic acids is 1. The molecule has 1 rings (SSSR count). The van der Waals surface area contributed by atoms with Crippen LogP contribution in [0.3, 0.4) is 0 Å². The van der Waals surface area contributed by atoms with E-state index in [9.17, 15) is 9.90 Å². The summed E-state index contributed by atoms with van der Waals surface area (Å²) in [6, 6.07) is 0.346. The zero-order valence-corrected chi connectivity index (χ0v) is 11.7. The number of hydrogen-bond acceptors (Lipinski definition) is 4. The monoisotopic (exact) mass is 258 g/mol. The van der Waals surface area contributed by atoms with Crippen molar-refractivity contribution >= 4 is 5.97 Å². The molecule has 0 radical (unpaired) electrons. The van der Waals surface area contributed by atoms with Gasteiger partial charge in [0.25, 0.3) is 0 Å². The van der Waals surface area contributed by atoms with Gasteiger partial charge in [-0.05, 0) is 39.8 Å². The van der Waals surface area contributed by atoms with E-state index < -0.39 is 11.5 Å². The SMILES string of the molecule is CCOCCN(CC)C1CCC(NC)(C(=O)O)C1. The highest BCUT2D eigenvalue weighted by Crippen LogP contribution is 2.33. The molecule has 0 saturated heterocycles. The molecule has 2 atom stereocenters. The van der Waals surface area contributed by atoms with Gasteiger partial charge in [-0.2, -0.15) is 0 Å². The van der Waals surface area contributed by atoms with Crippen LogP contribution in [0.25, 0.3) is 0 Å². The predicted octanol–water partition coefficient (Wildman–Crippen LogP) is 0.940. The zero-order valence-electron chi connectivity index (χ0n) is 11.7. The van der Waals surface area contributed by atoms with Gasteiger partial charge in [0.15, 0.2) is 0 Å². The van der Waals surface area contributed by atoms with Crippen LogP contribution in [0.4, 0.5) is 0 Å². The second-order valence-electron chi connectivity index (χ2n) is 4.86. The molecule has 0 spiro atoms. The highest BCUT2D eigenvalue weighted by atomic mass is 16.5. The van der Waals surface area contributed by atoms with Crippen LogP contribution in [0.1, 0.15) is 33.1 Å². The summed E-state index contributed by atoms with van der Waals surface area (Å²) in [6.45, 7) is 7.39. The second-order valence-corrected chi connectivity index (χ2v) is 4.86. The molecular weight excluding hydrogens is 232 g/mol. The van der Waals surface area contributed by atoms with Gasteiger partial charge in [-0.25, -0.2) is 0 Å². The third kappa shape index (κ3) is 3.43. The van der Waals surface area contributed by atoms with E-state index in [4.69, 9.17) is 4.74 Å². The Balaban J connectivity index is 2.54. The number of rotatable bonds is 8. The van der Waals surface area contributed by atoms with E-state index >= 15 is 0 Å². The number of carboxylic acids is 1. The summed E-state index contributed by atoms with van der Waals surface area (Å²) in [5.74, 6) is -0.728. The summed E-state index contributed by atoms with van der Waals surface area (Å²) in [5, 5.41) is 12.3. The molecular formula is C13H26N2O3. The number of hydrogen-bond donors (Lipinski definition) is 2. The average molecular weight is 258 g/mol. The molecule has 0 aliphatic heterocycles. The smallest absolute Gasteiger partial charge is 0.323 e. The minimum Gasteiger partial charge on any atom is -0.480 e. The summed E-state index contributed by atoms with van der Waals surface area (Å²) >= 11 is 0. The van der Waals surface area contributed by atoms with E-state index in [0.717, 1.165) is 32.7 Å². The molecule has 1 aliphatic carbocycles. The second kappa shape index (κ2) is 7.07. The lowest BCUT2D eigenvalue weighted by atomic mass is 9.98. The molecule has 0 aromatic carbocycles. The van der Waals surface area contributed by atoms with E-state index in [0.29, 0.717) is 18.9 Å². The maximum absolute atomic E-state index is 11.4. The topological polar surface area (TPSA) is 61.8 Å². The van der Waals surface area contributed by atoms with Gasteiger partial charge < -0.3 is 15.2 Å². The first kappa shape index (κ1) is 15.4. The van der Waals surface area contributed by atoms with Crippen molar-refractivity contribution in [3.8, 4) is 0 Å². The normalized spacial score (nSPS) is 27.9. The van der Waals surface area contributed by atoms with E-state index in [2.05, 4.69) is 17.1 Å². The fourth-order valence-electron chi connectivity index (χ4n) is 2.78. The van der Waals surface area contributed by atoms with E-state index in [1.807, 2.05) is 6.92 Å². The van der Waals surface area contributed by atoms with Crippen LogP contribution in [0.15, 0.2) is 0 Å². The Morgan fingerprint density at radius 2 is 2.28 bits per heavy atom. The molecule has 5 nitrogen and oxygen atoms in total. The Bertz CT molecular complexity index is 273. The van der Waals surface area contributed by atoms with Crippen molar-refractivity contribution in [1.29, 1.82) is 0 Å². The minimum absolute atomic E-state index is 0.346. The third-order valence-electron chi connectivity index (χ3n) is 4.03. The van der Waals surface area contributed by atoms with Gasteiger partial charge in [0.1, 0.15) is 5.54 Å². The maximum Gasteiger partial charge on any atom is 0.323 e. The summed E-state index contributed by atoms with van der Waals surface area (Å²) in [4.78, 5) is 13.7. The number of carbonyl (C=O) groups is 1. The first-order valence-corrected chi connectivity index (χ1v) is 6.83. The minimum atomic E-state index is -0.732. The fraction of sp³-hybridized carbons (Fsp3) is 0.923. The molecule has 0 aromatic heterocycles. The summed E-state index contributed by atoms with van der Waals surface area (Å²) in [7, 11) is 1.74. The Kier molecular flexibility index (Phi) is 6.05. The highest BCUT2D eigenvalue weighted by molar-refractivity contribution is 5.79. The summed E-state index contributed by atoms with van der Waals surface area (Å²) in [5.41, 5.74) is -0.732. The predicted molar refractivity (Wildman–Crippen MR) is 70.8 cm³/mol. The van der Waals surface area contributed by atoms with Gasteiger partial charge in [-0.3, -0.25) is 9.69 Å². The van der Waals surface area contributed by atoms with E-state index in [1.54, 1.807) is 7.05 Å². The average Bonchev–Trinajstić information content (AvgIpc) is 2.80. The van der Waals surface area contributed by atoms with E-state index in [-0.39, 0.29) is 0 Å². The molecule has 1 fully saturated rings. The number of carboxylic acid groups (broad SMARTS) is 1. The molecule has 1 saturated carbocycles. The zero-order chi connectivity index (χ0) is 13.6. The number of nitrogens with one attached hydrogen (secondary N) is 1. The lowest BCUT2D eigenvalue weighted by molar-refractivity contribution is -0.144. The molecule has 5 heteroatoms. The Morgan fingerprint density at radius 3 is 2.72 bits per heavy atom. The van der Waals surface area contributed by atoms with Crippen LogP contribution < -0.4 is 5.32 Å². The summed E-state index contributed by atoms with van der Waals surface area (Å²) < 4.78 is 5.38. The van der Waals surface area contributed by atoms with Crippen LogP contribution in [-0.2, 0) is 9.53 Å². The lowest BCUT2D eigenvalue weighted by Crippen LogP contribution is -2.49. The van der Waals surface area contributed by atoms with Gasteiger partial charge in [0.2, 0.25) is 0 Å². The lowest BCUT2D eigenvalue weighted by Gasteiger charge is -2.29. The standard InChI is InChI=1S/C13H26N2O3/c1-4-15(8-9-18-5-2)11-6-7-13(10-11,14-3)12(16)17/h11,14H,4-10H2,1-3H3,(H,16,17). The molecule has 1 aliphatic rings. The highest BCUT2D eigenvalue weighted by Gasteiger charge is 2.45. The van der Waals surface area contributed by atoms with Crippen LogP contribution >= 0.6 is 0 Å². The molecule has 0 aromatic rings. The van der Waals surface area contributed by atoms with Crippen molar-refractivity contribution in [3.63, 3.8) is 0 Å². The quantitative estimate of drug-likeness (QED) is 0.635. The number of nitrogens with zero attached hydrogens (tertiary/aromatic N) is 1. The van der Waals surface area contributed by atoms with Crippen molar-refractivity contribution in [2.45, 2.75) is 44.7 Å². The molecule has 0 bridgehead atoms. The van der Waals surface area contributed by atoms with Gasteiger partial charge in [-0.15, -0.1) is 0 Å². The van der Waals surface area contributed by atoms with Crippen molar-refractivity contribution in [1.82, 2.24) is 10.2 Å². The molecule has 0 heterocycles. The van der Waals surface area contributed by atoms with Crippen molar-refractivity contribution < 1.29 is 14.6 Å². The third-order valence-corrected chi connectivity index (χ3v) is 4.03. The number of likely N-dealkylation sites (N-methyl/N-ethyl adjacent to an activating group) is 2.